The van der Waals surface area contributed by atoms with Crippen molar-refractivity contribution in [1.29, 1.82) is 0 Å². The first-order chi connectivity index (χ1) is 7.66. The molecule has 90 valence electrons. The van der Waals surface area contributed by atoms with Gasteiger partial charge in [0.2, 0.25) is 0 Å². The number of aryl methyl sites for hydroxylation is 2. The SMILES string of the molecule is Cc1n[nH]c(C)c1NC1CCCC(C)CC1. The quantitative estimate of drug-likeness (QED) is 0.751. The van der Waals surface area contributed by atoms with Gasteiger partial charge < -0.3 is 5.32 Å². The fourth-order valence-electron chi connectivity index (χ4n) is 2.60. The molecule has 1 aromatic rings. The first kappa shape index (κ1) is 11.5. The molecule has 0 radical (unpaired) electrons. The highest BCUT2D eigenvalue weighted by Gasteiger charge is 2.17. The zero-order chi connectivity index (χ0) is 11.5. The van der Waals surface area contributed by atoms with Crippen molar-refractivity contribution in [3.8, 4) is 0 Å². The molecule has 1 aliphatic rings. The van der Waals surface area contributed by atoms with Gasteiger partial charge in [-0.05, 0) is 39.0 Å². The summed E-state index contributed by atoms with van der Waals surface area (Å²) in [5.41, 5.74) is 3.48. The largest absolute Gasteiger partial charge is 0.379 e. The minimum atomic E-state index is 0.639. The highest BCUT2D eigenvalue weighted by Crippen LogP contribution is 2.26. The molecular weight excluding hydrogens is 198 g/mol. The second kappa shape index (κ2) is 4.89. The molecular formula is C13H23N3. The van der Waals surface area contributed by atoms with E-state index in [9.17, 15) is 0 Å². The molecule has 1 heterocycles. The summed E-state index contributed by atoms with van der Waals surface area (Å²) >= 11 is 0. The number of hydrogen-bond acceptors (Lipinski definition) is 2. The highest BCUT2D eigenvalue weighted by atomic mass is 15.2. The fourth-order valence-corrected chi connectivity index (χ4v) is 2.60. The van der Waals surface area contributed by atoms with E-state index in [4.69, 9.17) is 0 Å². The van der Waals surface area contributed by atoms with E-state index >= 15 is 0 Å². The van der Waals surface area contributed by atoms with Gasteiger partial charge in [-0.25, -0.2) is 0 Å². The number of rotatable bonds is 2. The molecule has 0 aliphatic heterocycles. The van der Waals surface area contributed by atoms with Crippen LogP contribution in [0.1, 0.15) is 50.4 Å². The highest BCUT2D eigenvalue weighted by molar-refractivity contribution is 5.52. The van der Waals surface area contributed by atoms with Crippen LogP contribution in [0.5, 0.6) is 0 Å². The molecule has 0 saturated heterocycles. The van der Waals surface area contributed by atoms with Crippen LogP contribution in [0.3, 0.4) is 0 Å². The summed E-state index contributed by atoms with van der Waals surface area (Å²) < 4.78 is 0. The van der Waals surface area contributed by atoms with Crippen molar-refractivity contribution in [3.63, 3.8) is 0 Å². The molecule has 0 spiro atoms. The maximum atomic E-state index is 4.23. The Morgan fingerprint density at radius 1 is 1.19 bits per heavy atom. The first-order valence-electron chi connectivity index (χ1n) is 6.45. The third-order valence-electron chi connectivity index (χ3n) is 3.73. The Balaban J connectivity index is 1.99. The number of aromatic amines is 1. The van der Waals surface area contributed by atoms with Crippen molar-refractivity contribution < 1.29 is 0 Å². The van der Waals surface area contributed by atoms with E-state index in [0.29, 0.717) is 6.04 Å². The average molecular weight is 221 g/mol. The zero-order valence-electron chi connectivity index (χ0n) is 10.6. The van der Waals surface area contributed by atoms with Crippen LogP contribution in [-0.2, 0) is 0 Å². The Labute approximate surface area is 98.0 Å². The normalized spacial score (nSPS) is 26.4. The van der Waals surface area contributed by atoms with Crippen molar-refractivity contribution in [3.05, 3.63) is 11.4 Å². The van der Waals surface area contributed by atoms with Crippen molar-refractivity contribution in [1.82, 2.24) is 10.2 Å². The van der Waals surface area contributed by atoms with Crippen molar-refractivity contribution in [2.45, 2.75) is 58.9 Å². The van der Waals surface area contributed by atoms with Gasteiger partial charge in [-0.2, -0.15) is 5.10 Å². The lowest BCUT2D eigenvalue weighted by Crippen LogP contribution is -2.19. The molecule has 1 saturated carbocycles. The van der Waals surface area contributed by atoms with Gasteiger partial charge in [0.25, 0.3) is 0 Å². The number of nitrogens with one attached hydrogen (secondary N) is 2. The second-order valence-electron chi connectivity index (χ2n) is 5.26. The molecule has 0 aromatic carbocycles. The topological polar surface area (TPSA) is 40.7 Å². The molecule has 3 heteroatoms. The van der Waals surface area contributed by atoms with Crippen LogP contribution >= 0.6 is 0 Å². The second-order valence-corrected chi connectivity index (χ2v) is 5.26. The van der Waals surface area contributed by atoms with E-state index in [1.807, 2.05) is 0 Å². The van der Waals surface area contributed by atoms with E-state index < -0.39 is 0 Å². The number of nitrogens with zero attached hydrogens (tertiary/aromatic N) is 1. The van der Waals surface area contributed by atoms with Crippen LogP contribution in [0.25, 0.3) is 0 Å². The van der Waals surface area contributed by atoms with Crippen LogP contribution < -0.4 is 5.32 Å². The summed E-state index contributed by atoms with van der Waals surface area (Å²) in [5, 5.41) is 10.9. The standard InChI is InChI=1S/C13H23N3/c1-9-5-4-6-12(8-7-9)14-13-10(2)15-16-11(13)3/h9,12,14H,4-8H2,1-3H3,(H,15,16). The summed E-state index contributed by atoms with van der Waals surface area (Å²) in [4.78, 5) is 0. The lowest BCUT2D eigenvalue weighted by atomic mass is 10.0. The van der Waals surface area contributed by atoms with E-state index in [2.05, 4.69) is 36.3 Å². The Bertz CT molecular complexity index is 323. The van der Waals surface area contributed by atoms with Crippen molar-refractivity contribution in [2.75, 3.05) is 5.32 Å². The van der Waals surface area contributed by atoms with Crippen molar-refractivity contribution in [2.24, 2.45) is 5.92 Å². The maximum Gasteiger partial charge on any atom is 0.0825 e. The van der Waals surface area contributed by atoms with Crippen LogP contribution in [0.4, 0.5) is 5.69 Å². The van der Waals surface area contributed by atoms with E-state index in [-0.39, 0.29) is 0 Å². The number of aromatic nitrogens is 2. The summed E-state index contributed by atoms with van der Waals surface area (Å²) in [6, 6.07) is 0.639. The van der Waals surface area contributed by atoms with Gasteiger partial charge in [-0.3, -0.25) is 5.10 Å². The lowest BCUT2D eigenvalue weighted by Gasteiger charge is -2.17. The molecule has 2 atom stereocenters. The minimum absolute atomic E-state index is 0.639. The minimum Gasteiger partial charge on any atom is -0.379 e. The third kappa shape index (κ3) is 2.57. The van der Waals surface area contributed by atoms with Gasteiger partial charge in [-0.15, -0.1) is 0 Å². The molecule has 2 rings (SSSR count). The van der Waals surface area contributed by atoms with Crippen LogP contribution in [-0.4, -0.2) is 16.2 Å². The third-order valence-corrected chi connectivity index (χ3v) is 3.73. The predicted octanol–water partition coefficient (Wildman–Crippen LogP) is 3.41. The molecule has 2 unspecified atom stereocenters. The molecule has 0 amide bonds. The van der Waals surface area contributed by atoms with E-state index in [0.717, 1.165) is 17.3 Å². The Morgan fingerprint density at radius 2 is 2.00 bits per heavy atom. The number of H-pyrrole nitrogens is 1. The Hall–Kier alpha value is -0.990. The van der Waals surface area contributed by atoms with Gasteiger partial charge in [-0.1, -0.05) is 19.8 Å². The molecule has 1 aromatic heterocycles. The molecule has 16 heavy (non-hydrogen) atoms. The summed E-state index contributed by atoms with van der Waals surface area (Å²) in [7, 11) is 0. The van der Waals surface area contributed by atoms with E-state index in [1.54, 1.807) is 0 Å². The van der Waals surface area contributed by atoms with Crippen LogP contribution in [0.2, 0.25) is 0 Å². The van der Waals surface area contributed by atoms with Crippen molar-refractivity contribution >= 4 is 5.69 Å². The summed E-state index contributed by atoms with van der Waals surface area (Å²) in [6.45, 7) is 6.52. The monoisotopic (exact) mass is 221 g/mol. The molecule has 0 bridgehead atoms. The molecule has 1 fully saturated rings. The Kier molecular flexibility index (Phi) is 3.52. The predicted molar refractivity (Wildman–Crippen MR) is 67.7 cm³/mol. The van der Waals surface area contributed by atoms with Gasteiger partial charge in [0.1, 0.15) is 0 Å². The maximum absolute atomic E-state index is 4.23. The lowest BCUT2D eigenvalue weighted by molar-refractivity contribution is 0.502. The Morgan fingerprint density at radius 3 is 2.69 bits per heavy atom. The smallest absolute Gasteiger partial charge is 0.0825 e. The summed E-state index contributed by atoms with van der Waals surface area (Å²) in [6.07, 6.45) is 6.70. The zero-order valence-corrected chi connectivity index (χ0v) is 10.6. The number of hydrogen-bond donors (Lipinski definition) is 2. The first-order valence-corrected chi connectivity index (χ1v) is 6.45. The molecule has 2 N–H and O–H groups in total. The fraction of sp³-hybridized carbons (Fsp3) is 0.769. The molecule has 3 nitrogen and oxygen atoms in total. The van der Waals surface area contributed by atoms with Gasteiger partial charge in [0.05, 0.1) is 17.1 Å². The van der Waals surface area contributed by atoms with Gasteiger partial charge in [0, 0.05) is 6.04 Å². The van der Waals surface area contributed by atoms with Crippen LogP contribution in [0.15, 0.2) is 0 Å². The summed E-state index contributed by atoms with van der Waals surface area (Å²) in [5.74, 6) is 0.901. The van der Waals surface area contributed by atoms with Crippen LogP contribution in [0, 0.1) is 19.8 Å². The molecule has 1 aliphatic carbocycles. The van der Waals surface area contributed by atoms with Gasteiger partial charge in [0.15, 0.2) is 0 Å². The van der Waals surface area contributed by atoms with E-state index in [1.165, 1.54) is 37.8 Å². The average Bonchev–Trinajstić information content (AvgIpc) is 2.48. The number of anilines is 1. The van der Waals surface area contributed by atoms with Gasteiger partial charge >= 0.3 is 0 Å².